The molecule has 2 aromatic rings. The molecule has 0 saturated carbocycles. The summed E-state index contributed by atoms with van der Waals surface area (Å²) in [7, 11) is 0. The van der Waals surface area contributed by atoms with E-state index < -0.39 is 0 Å². The van der Waals surface area contributed by atoms with Gasteiger partial charge in [0.15, 0.2) is 0 Å². The van der Waals surface area contributed by atoms with Crippen molar-refractivity contribution in [3.63, 3.8) is 0 Å². The molecular formula is C11H12N2O2. The first-order chi connectivity index (χ1) is 7.16. The number of rotatable bonds is 3. The van der Waals surface area contributed by atoms with E-state index in [2.05, 4.69) is 4.98 Å². The highest BCUT2D eigenvalue weighted by atomic mass is 16.3. The second kappa shape index (κ2) is 3.73. The molecule has 0 aliphatic carbocycles. The average Bonchev–Trinajstić information content (AvgIpc) is 2.64. The highest BCUT2D eigenvalue weighted by molar-refractivity contribution is 5.77. The molecule has 2 aromatic heterocycles. The van der Waals surface area contributed by atoms with Crippen LogP contribution in [-0.2, 0) is 11.2 Å². The van der Waals surface area contributed by atoms with Gasteiger partial charge in [0.2, 0.25) is 11.6 Å². The molecule has 2 rings (SSSR count). The number of aromatic nitrogens is 1. The van der Waals surface area contributed by atoms with Crippen molar-refractivity contribution >= 4 is 17.0 Å². The van der Waals surface area contributed by atoms with Crippen LogP contribution < -0.4 is 5.73 Å². The molecule has 15 heavy (non-hydrogen) atoms. The summed E-state index contributed by atoms with van der Waals surface area (Å²) >= 11 is 0. The number of pyridine rings is 1. The summed E-state index contributed by atoms with van der Waals surface area (Å²) in [6.45, 7) is 1.81. The SMILES string of the molecule is CC(Cc1cnc2occc2c1)C(N)=O. The zero-order valence-corrected chi connectivity index (χ0v) is 8.43. The van der Waals surface area contributed by atoms with Gasteiger partial charge in [0.25, 0.3) is 0 Å². The van der Waals surface area contributed by atoms with Crippen LogP contribution in [0.1, 0.15) is 12.5 Å². The lowest BCUT2D eigenvalue weighted by Gasteiger charge is -2.06. The van der Waals surface area contributed by atoms with Gasteiger partial charge >= 0.3 is 0 Å². The highest BCUT2D eigenvalue weighted by Crippen LogP contribution is 2.16. The third kappa shape index (κ3) is 1.98. The predicted octanol–water partition coefficient (Wildman–Crippen LogP) is 1.49. The van der Waals surface area contributed by atoms with Crippen LogP contribution in [0.25, 0.3) is 11.1 Å². The van der Waals surface area contributed by atoms with Gasteiger partial charge in [-0.1, -0.05) is 6.92 Å². The summed E-state index contributed by atoms with van der Waals surface area (Å²) in [5.41, 5.74) is 6.81. The Hall–Kier alpha value is -1.84. The van der Waals surface area contributed by atoms with Crippen molar-refractivity contribution in [3.05, 3.63) is 30.2 Å². The molecule has 0 aliphatic rings. The minimum Gasteiger partial charge on any atom is -0.446 e. The molecular weight excluding hydrogens is 192 g/mol. The number of amides is 1. The van der Waals surface area contributed by atoms with Gasteiger partial charge < -0.3 is 10.2 Å². The minimum absolute atomic E-state index is 0.170. The molecule has 0 saturated heterocycles. The maximum atomic E-state index is 10.9. The van der Waals surface area contributed by atoms with E-state index in [-0.39, 0.29) is 11.8 Å². The largest absolute Gasteiger partial charge is 0.446 e. The van der Waals surface area contributed by atoms with Gasteiger partial charge in [0.05, 0.1) is 6.26 Å². The maximum absolute atomic E-state index is 10.9. The van der Waals surface area contributed by atoms with Crippen molar-refractivity contribution in [2.24, 2.45) is 11.7 Å². The molecule has 0 aliphatic heterocycles. The normalized spacial score (nSPS) is 12.9. The Morgan fingerprint density at radius 3 is 3.20 bits per heavy atom. The van der Waals surface area contributed by atoms with E-state index in [1.807, 2.05) is 19.1 Å². The van der Waals surface area contributed by atoms with Crippen LogP contribution in [-0.4, -0.2) is 10.9 Å². The van der Waals surface area contributed by atoms with Crippen molar-refractivity contribution in [2.45, 2.75) is 13.3 Å². The Bertz CT molecular complexity index is 490. The summed E-state index contributed by atoms with van der Waals surface area (Å²) in [6.07, 6.45) is 3.92. The van der Waals surface area contributed by atoms with Gasteiger partial charge in [0, 0.05) is 17.5 Å². The fourth-order valence-electron chi connectivity index (χ4n) is 1.47. The Morgan fingerprint density at radius 2 is 2.47 bits per heavy atom. The molecule has 1 unspecified atom stereocenters. The molecule has 2 heterocycles. The van der Waals surface area contributed by atoms with Gasteiger partial charge in [-0.15, -0.1) is 0 Å². The topological polar surface area (TPSA) is 69.1 Å². The number of hydrogen-bond donors (Lipinski definition) is 1. The molecule has 0 spiro atoms. The smallest absolute Gasteiger partial charge is 0.225 e. The summed E-state index contributed by atoms with van der Waals surface area (Å²) in [5.74, 6) is -0.460. The molecule has 4 nitrogen and oxygen atoms in total. The first-order valence-electron chi connectivity index (χ1n) is 4.78. The second-order valence-corrected chi connectivity index (χ2v) is 3.67. The van der Waals surface area contributed by atoms with Crippen molar-refractivity contribution in [1.82, 2.24) is 4.98 Å². The molecule has 0 radical (unpaired) electrons. The number of nitrogens with two attached hydrogens (primary N) is 1. The quantitative estimate of drug-likeness (QED) is 0.823. The van der Waals surface area contributed by atoms with Gasteiger partial charge in [-0.3, -0.25) is 4.79 Å². The van der Waals surface area contributed by atoms with E-state index in [1.54, 1.807) is 12.5 Å². The molecule has 0 bridgehead atoms. The van der Waals surface area contributed by atoms with Crippen molar-refractivity contribution < 1.29 is 9.21 Å². The molecule has 0 aromatic carbocycles. The third-order valence-electron chi connectivity index (χ3n) is 2.39. The number of hydrogen-bond acceptors (Lipinski definition) is 3. The van der Waals surface area contributed by atoms with E-state index in [0.29, 0.717) is 12.1 Å². The average molecular weight is 204 g/mol. The summed E-state index contributed by atoms with van der Waals surface area (Å²) < 4.78 is 5.12. The highest BCUT2D eigenvalue weighted by Gasteiger charge is 2.10. The monoisotopic (exact) mass is 204 g/mol. The van der Waals surface area contributed by atoms with Crippen molar-refractivity contribution in [3.8, 4) is 0 Å². The number of fused-ring (bicyclic) bond motifs is 1. The van der Waals surface area contributed by atoms with Crippen LogP contribution in [0.2, 0.25) is 0 Å². The second-order valence-electron chi connectivity index (χ2n) is 3.67. The van der Waals surface area contributed by atoms with E-state index in [9.17, 15) is 4.79 Å². The van der Waals surface area contributed by atoms with Gasteiger partial charge in [-0.2, -0.15) is 0 Å². The predicted molar refractivity (Wildman–Crippen MR) is 56.1 cm³/mol. The molecule has 2 N–H and O–H groups in total. The third-order valence-corrected chi connectivity index (χ3v) is 2.39. The van der Waals surface area contributed by atoms with Gasteiger partial charge in [-0.25, -0.2) is 4.98 Å². The Kier molecular flexibility index (Phi) is 2.41. The Morgan fingerprint density at radius 1 is 1.67 bits per heavy atom. The minimum atomic E-state index is -0.290. The lowest BCUT2D eigenvalue weighted by Crippen LogP contribution is -2.22. The molecule has 0 fully saturated rings. The number of carbonyl (C=O) groups excluding carboxylic acids is 1. The standard InChI is InChI=1S/C11H12N2O2/c1-7(10(12)14)4-8-5-9-2-3-15-11(9)13-6-8/h2-3,5-7H,4H2,1H3,(H2,12,14). The number of carbonyl (C=O) groups is 1. The maximum Gasteiger partial charge on any atom is 0.225 e. The van der Waals surface area contributed by atoms with Crippen LogP contribution >= 0.6 is 0 Å². The number of primary amides is 1. The van der Waals surface area contributed by atoms with E-state index in [4.69, 9.17) is 10.2 Å². The fourth-order valence-corrected chi connectivity index (χ4v) is 1.47. The van der Waals surface area contributed by atoms with Crippen LogP contribution in [0, 0.1) is 5.92 Å². The lowest BCUT2D eigenvalue weighted by molar-refractivity contribution is -0.121. The summed E-state index contributed by atoms with van der Waals surface area (Å²) in [4.78, 5) is 15.0. The summed E-state index contributed by atoms with van der Waals surface area (Å²) in [5, 5.41) is 0.948. The lowest BCUT2D eigenvalue weighted by atomic mass is 10.0. The van der Waals surface area contributed by atoms with E-state index >= 15 is 0 Å². The molecule has 78 valence electrons. The molecule has 1 amide bonds. The summed E-state index contributed by atoms with van der Waals surface area (Å²) in [6, 6.07) is 3.81. The van der Waals surface area contributed by atoms with E-state index in [0.717, 1.165) is 10.9 Å². The van der Waals surface area contributed by atoms with Crippen molar-refractivity contribution in [1.29, 1.82) is 0 Å². The fraction of sp³-hybridized carbons (Fsp3) is 0.273. The van der Waals surface area contributed by atoms with E-state index in [1.165, 1.54) is 0 Å². The zero-order chi connectivity index (χ0) is 10.8. The number of furan rings is 1. The van der Waals surface area contributed by atoms with Crippen LogP contribution in [0.3, 0.4) is 0 Å². The van der Waals surface area contributed by atoms with Crippen LogP contribution in [0.5, 0.6) is 0 Å². The van der Waals surface area contributed by atoms with Gasteiger partial charge in [-0.05, 0) is 24.1 Å². The Labute approximate surface area is 87.1 Å². The van der Waals surface area contributed by atoms with Crippen molar-refractivity contribution in [2.75, 3.05) is 0 Å². The Balaban J connectivity index is 2.24. The zero-order valence-electron chi connectivity index (χ0n) is 8.43. The van der Waals surface area contributed by atoms with Crippen LogP contribution in [0.4, 0.5) is 0 Å². The first kappa shape index (κ1) is 9.71. The molecule has 4 heteroatoms. The number of nitrogens with zero attached hydrogens (tertiary/aromatic N) is 1. The first-order valence-corrected chi connectivity index (χ1v) is 4.78. The van der Waals surface area contributed by atoms with Crippen LogP contribution in [0.15, 0.2) is 29.0 Å². The van der Waals surface area contributed by atoms with Gasteiger partial charge in [0.1, 0.15) is 0 Å². The molecule has 1 atom stereocenters.